The molecule has 1 heterocycles. The Morgan fingerprint density at radius 2 is 1.50 bits per heavy atom. The Labute approximate surface area is 143 Å². The third-order valence-electron chi connectivity index (χ3n) is 4.19. The lowest BCUT2D eigenvalue weighted by Gasteiger charge is -2.20. The summed E-state index contributed by atoms with van der Waals surface area (Å²) in [5, 5.41) is 13.8. The van der Waals surface area contributed by atoms with Crippen LogP contribution in [0.25, 0.3) is 5.69 Å². The van der Waals surface area contributed by atoms with E-state index in [2.05, 4.69) is 34.1 Å². The smallest absolute Gasteiger partial charge is 0.210 e. The van der Waals surface area contributed by atoms with E-state index in [0.29, 0.717) is 0 Å². The van der Waals surface area contributed by atoms with Gasteiger partial charge in [-0.1, -0.05) is 48.5 Å². The summed E-state index contributed by atoms with van der Waals surface area (Å²) >= 11 is 0. The summed E-state index contributed by atoms with van der Waals surface area (Å²) in [6, 6.07) is 24.2. The third kappa shape index (κ3) is 4.07. The maximum Gasteiger partial charge on any atom is 0.210 e. The molecule has 1 aromatic heterocycles. The van der Waals surface area contributed by atoms with Crippen molar-refractivity contribution in [3.63, 3.8) is 0 Å². The Morgan fingerprint density at radius 3 is 2.17 bits per heavy atom. The van der Waals surface area contributed by atoms with Crippen LogP contribution < -0.4 is 9.88 Å². The molecular formula is C21H23N2O+. The van der Waals surface area contributed by atoms with Gasteiger partial charge in [-0.3, -0.25) is 0 Å². The van der Waals surface area contributed by atoms with E-state index >= 15 is 0 Å². The molecule has 0 radical (unpaired) electrons. The molecular weight excluding hydrogens is 296 g/mol. The van der Waals surface area contributed by atoms with Gasteiger partial charge in [0.15, 0.2) is 12.4 Å². The summed E-state index contributed by atoms with van der Waals surface area (Å²) in [5.41, 5.74) is 3.27. The first-order valence-corrected chi connectivity index (χ1v) is 8.26. The van der Waals surface area contributed by atoms with Crippen LogP contribution in [0.2, 0.25) is 0 Å². The molecule has 0 spiro atoms. The Hall–Kier alpha value is -2.49. The number of pyridine rings is 1. The van der Waals surface area contributed by atoms with Crippen molar-refractivity contribution in [1.82, 2.24) is 5.32 Å². The molecule has 2 atom stereocenters. The lowest BCUT2D eigenvalue weighted by molar-refractivity contribution is -0.595. The fraction of sp³-hybridized carbons (Fsp3) is 0.190. The zero-order chi connectivity index (χ0) is 16.8. The summed E-state index contributed by atoms with van der Waals surface area (Å²) in [7, 11) is 0. The van der Waals surface area contributed by atoms with Gasteiger partial charge < -0.3 is 10.4 Å². The van der Waals surface area contributed by atoms with Gasteiger partial charge in [-0.25, -0.2) is 0 Å². The molecule has 0 saturated carbocycles. The number of aliphatic hydroxyl groups is 1. The van der Waals surface area contributed by atoms with Crippen LogP contribution in [0.5, 0.6) is 0 Å². The minimum absolute atomic E-state index is 0.0180. The van der Waals surface area contributed by atoms with Crippen LogP contribution in [0.15, 0.2) is 85.2 Å². The number of benzene rings is 2. The minimum Gasteiger partial charge on any atom is -0.387 e. The summed E-state index contributed by atoms with van der Waals surface area (Å²) < 4.78 is 2.08. The van der Waals surface area contributed by atoms with E-state index < -0.39 is 6.10 Å². The molecule has 3 nitrogen and oxygen atoms in total. The van der Waals surface area contributed by atoms with E-state index in [1.54, 1.807) is 0 Å². The van der Waals surface area contributed by atoms with Gasteiger partial charge in [-0.2, -0.15) is 4.57 Å². The summed E-state index contributed by atoms with van der Waals surface area (Å²) in [5.74, 6) is 0. The molecule has 122 valence electrons. The molecule has 2 N–H and O–H groups in total. The van der Waals surface area contributed by atoms with Crippen LogP contribution in [0.4, 0.5) is 0 Å². The van der Waals surface area contributed by atoms with Crippen molar-refractivity contribution >= 4 is 0 Å². The number of nitrogens with zero attached hydrogens (tertiary/aromatic N) is 1. The molecule has 0 saturated heterocycles. The highest BCUT2D eigenvalue weighted by molar-refractivity contribution is 5.27. The van der Waals surface area contributed by atoms with E-state index in [1.807, 2.05) is 67.8 Å². The molecule has 0 aliphatic heterocycles. The van der Waals surface area contributed by atoms with Gasteiger partial charge in [0.2, 0.25) is 5.69 Å². The molecule has 3 aromatic rings. The van der Waals surface area contributed by atoms with Crippen molar-refractivity contribution in [2.24, 2.45) is 0 Å². The molecule has 24 heavy (non-hydrogen) atoms. The Balaban J connectivity index is 1.59. The van der Waals surface area contributed by atoms with Gasteiger partial charge in [-0.15, -0.1) is 0 Å². The predicted molar refractivity (Wildman–Crippen MR) is 95.7 cm³/mol. The number of hydrogen-bond acceptors (Lipinski definition) is 2. The van der Waals surface area contributed by atoms with E-state index in [1.165, 1.54) is 5.56 Å². The SMILES string of the molecule is CC(NCc1ccc(-[n+]2ccccc2)cc1)C(O)c1ccccc1. The highest BCUT2D eigenvalue weighted by Crippen LogP contribution is 2.16. The Kier molecular flexibility index (Phi) is 5.36. The topological polar surface area (TPSA) is 36.1 Å². The van der Waals surface area contributed by atoms with Gasteiger partial charge in [0.1, 0.15) is 0 Å². The molecule has 3 heteroatoms. The number of aliphatic hydroxyl groups excluding tert-OH is 1. The Morgan fingerprint density at radius 1 is 0.875 bits per heavy atom. The van der Waals surface area contributed by atoms with Gasteiger partial charge in [0, 0.05) is 36.9 Å². The first-order valence-electron chi connectivity index (χ1n) is 8.26. The van der Waals surface area contributed by atoms with Crippen molar-refractivity contribution in [3.8, 4) is 5.69 Å². The summed E-state index contributed by atoms with van der Waals surface area (Å²) in [6.45, 7) is 2.73. The van der Waals surface area contributed by atoms with Crippen LogP contribution in [-0.4, -0.2) is 11.1 Å². The highest BCUT2D eigenvalue weighted by Gasteiger charge is 2.15. The summed E-state index contributed by atoms with van der Waals surface area (Å²) in [6.07, 6.45) is 3.56. The molecule has 0 aliphatic rings. The average molecular weight is 319 g/mol. The van der Waals surface area contributed by atoms with E-state index in [0.717, 1.165) is 17.8 Å². The lowest BCUT2D eigenvalue weighted by Crippen LogP contribution is -2.32. The molecule has 3 rings (SSSR count). The van der Waals surface area contributed by atoms with Crippen LogP contribution >= 0.6 is 0 Å². The normalized spacial score (nSPS) is 13.4. The van der Waals surface area contributed by atoms with Crippen LogP contribution in [-0.2, 0) is 6.54 Å². The van der Waals surface area contributed by atoms with Crippen LogP contribution in [0, 0.1) is 0 Å². The predicted octanol–water partition coefficient (Wildman–Crippen LogP) is 3.18. The number of hydrogen-bond donors (Lipinski definition) is 2. The second-order valence-corrected chi connectivity index (χ2v) is 5.97. The second-order valence-electron chi connectivity index (χ2n) is 5.97. The zero-order valence-electron chi connectivity index (χ0n) is 13.8. The third-order valence-corrected chi connectivity index (χ3v) is 4.19. The molecule has 0 amide bonds. The van der Waals surface area contributed by atoms with E-state index in [-0.39, 0.29) is 6.04 Å². The summed E-state index contributed by atoms with van der Waals surface area (Å²) in [4.78, 5) is 0. The fourth-order valence-electron chi connectivity index (χ4n) is 2.69. The van der Waals surface area contributed by atoms with Crippen LogP contribution in [0.3, 0.4) is 0 Å². The first-order chi connectivity index (χ1) is 11.7. The first kappa shape index (κ1) is 16.4. The molecule has 0 aliphatic carbocycles. The second kappa shape index (κ2) is 7.86. The van der Waals surface area contributed by atoms with E-state index in [4.69, 9.17) is 0 Å². The largest absolute Gasteiger partial charge is 0.387 e. The number of nitrogens with one attached hydrogen (secondary N) is 1. The monoisotopic (exact) mass is 319 g/mol. The van der Waals surface area contributed by atoms with Crippen molar-refractivity contribution in [2.45, 2.75) is 25.6 Å². The minimum atomic E-state index is -0.509. The van der Waals surface area contributed by atoms with Crippen molar-refractivity contribution in [3.05, 3.63) is 96.3 Å². The van der Waals surface area contributed by atoms with Crippen molar-refractivity contribution in [1.29, 1.82) is 0 Å². The fourth-order valence-corrected chi connectivity index (χ4v) is 2.69. The number of aromatic nitrogens is 1. The average Bonchev–Trinajstić information content (AvgIpc) is 2.67. The van der Waals surface area contributed by atoms with Crippen molar-refractivity contribution in [2.75, 3.05) is 0 Å². The van der Waals surface area contributed by atoms with Gasteiger partial charge >= 0.3 is 0 Å². The van der Waals surface area contributed by atoms with Gasteiger partial charge in [0.05, 0.1) is 6.10 Å². The Bertz CT molecular complexity index is 742. The molecule has 0 bridgehead atoms. The molecule has 0 fully saturated rings. The standard InChI is InChI=1S/C21H23N2O/c1-17(21(24)19-8-4-2-5-9-19)22-16-18-10-12-20(13-11-18)23-14-6-3-7-15-23/h2-15,17,21-22,24H,16H2,1H3/q+1. The van der Waals surface area contributed by atoms with Crippen molar-refractivity contribution < 1.29 is 9.67 Å². The van der Waals surface area contributed by atoms with Crippen LogP contribution in [0.1, 0.15) is 24.2 Å². The molecule has 2 unspecified atom stereocenters. The van der Waals surface area contributed by atoms with Gasteiger partial charge in [0.25, 0.3) is 0 Å². The maximum atomic E-state index is 10.4. The lowest BCUT2D eigenvalue weighted by atomic mass is 10.0. The molecule has 2 aromatic carbocycles. The van der Waals surface area contributed by atoms with Gasteiger partial charge in [-0.05, 0) is 18.1 Å². The van der Waals surface area contributed by atoms with E-state index in [9.17, 15) is 5.11 Å². The quantitative estimate of drug-likeness (QED) is 0.685. The maximum absolute atomic E-state index is 10.4. The highest BCUT2D eigenvalue weighted by atomic mass is 16.3. The zero-order valence-corrected chi connectivity index (χ0v) is 13.8. The number of rotatable bonds is 6.